The summed E-state index contributed by atoms with van der Waals surface area (Å²) >= 11 is 2.06. The lowest BCUT2D eigenvalue weighted by atomic mass is 9.93. The molecule has 0 saturated carbocycles. The van der Waals surface area contributed by atoms with Gasteiger partial charge in [-0.25, -0.2) is 15.0 Å². The number of nitrogens with two attached hydrogens (primary N) is 1. The Labute approximate surface area is 147 Å². The minimum absolute atomic E-state index is 0.0276. The third-order valence-electron chi connectivity index (χ3n) is 3.48. The Hall–Kier alpha value is -2.03. The molecule has 0 unspecified atom stereocenters. The van der Waals surface area contributed by atoms with Crippen LogP contribution in [0.15, 0.2) is 29.5 Å². The standard InChI is InChI=1S/C16H17IN6/c1-16(2,3)14-7-19-13(6-20-14)15-22-11-4-9(18)10(21-8-17)5-12(11)23-15/h4-8H,18H2,1-3H3,(H,22,23)/b21-8+. The lowest BCUT2D eigenvalue weighted by Crippen LogP contribution is -2.13. The molecule has 0 amide bonds. The lowest BCUT2D eigenvalue weighted by molar-refractivity contribution is 0.565. The van der Waals surface area contributed by atoms with E-state index in [4.69, 9.17) is 5.73 Å². The van der Waals surface area contributed by atoms with Crippen molar-refractivity contribution in [2.75, 3.05) is 5.73 Å². The summed E-state index contributed by atoms with van der Waals surface area (Å²) in [6.07, 6.45) is 3.54. The van der Waals surface area contributed by atoms with E-state index < -0.39 is 0 Å². The topological polar surface area (TPSA) is 92.8 Å². The number of halogens is 1. The molecule has 3 rings (SSSR count). The molecule has 23 heavy (non-hydrogen) atoms. The molecule has 118 valence electrons. The van der Waals surface area contributed by atoms with Crippen LogP contribution in [0.25, 0.3) is 22.6 Å². The Kier molecular flexibility index (Phi) is 4.05. The van der Waals surface area contributed by atoms with Gasteiger partial charge < -0.3 is 10.7 Å². The van der Waals surface area contributed by atoms with Crippen molar-refractivity contribution in [2.45, 2.75) is 26.2 Å². The molecule has 0 atom stereocenters. The Morgan fingerprint density at radius 3 is 2.61 bits per heavy atom. The maximum absolute atomic E-state index is 5.99. The van der Waals surface area contributed by atoms with Crippen molar-refractivity contribution >= 4 is 49.2 Å². The number of imidazole rings is 1. The van der Waals surface area contributed by atoms with E-state index in [-0.39, 0.29) is 5.41 Å². The fourth-order valence-corrected chi connectivity index (χ4v) is 2.48. The molecule has 7 heteroatoms. The van der Waals surface area contributed by atoms with E-state index in [9.17, 15) is 0 Å². The third-order valence-corrected chi connectivity index (χ3v) is 3.76. The Bertz CT molecular complexity index is 874. The molecule has 3 N–H and O–H groups in total. The van der Waals surface area contributed by atoms with Gasteiger partial charge in [-0.1, -0.05) is 20.8 Å². The zero-order valence-electron chi connectivity index (χ0n) is 13.1. The zero-order chi connectivity index (χ0) is 16.6. The molecule has 2 heterocycles. The summed E-state index contributed by atoms with van der Waals surface area (Å²) in [6, 6.07) is 3.69. The van der Waals surface area contributed by atoms with Gasteiger partial charge in [-0.05, 0) is 34.7 Å². The van der Waals surface area contributed by atoms with Gasteiger partial charge in [0.05, 0.1) is 38.5 Å². The van der Waals surface area contributed by atoms with Gasteiger partial charge in [-0.3, -0.25) is 4.98 Å². The second-order valence-electron chi connectivity index (χ2n) is 6.28. The Morgan fingerprint density at radius 1 is 1.22 bits per heavy atom. The average molecular weight is 420 g/mol. The molecule has 0 bridgehead atoms. The van der Waals surface area contributed by atoms with Gasteiger partial charge >= 0.3 is 0 Å². The minimum atomic E-state index is -0.0276. The van der Waals surface area contributed by atoms with Crippen LogP contribution in [0.5, 0.6) is 0 Å². The van der Waals surface area contributed by atoms with Crippen LogP contribution in [0, 0.1) is 0 Å². The molecule has 1 aromatic carbocycles. The number of anilines is 1. The first-order valence-electron chi connectivity index (χ1n) is 7.13. The van der Waals surface area contributed by atoms with E-state index in [2.05, 4.69) is 68.3 Å². The van der Waals surface area contributed by atoms with Crippen LogP contribution in [0.4, 0.5) is 11.4 Å². The third kappa shape index (κ3) is 3.19. The number of hydrogen-bond acceptors (Lipinski definition) is 5. The van der Waals surface area contributed by atoms with E-state index in [0.717, 1.165) is 22.4 Å². The van der Waals surface area contributed by atoms with Gasteiger partial charge in [0, 0.05) is 11.6 Å². The Balaban J connectivity index is 2.03. The first kappa shape index (κ1) is 15.9. The summed E-state index contributed by atoms with van der Waals surface area (Å²) in [5, 5.41) is 0. The molecule has 6 nitrogen and oxygen atoms in total. The normalized spacial score (nSPS) is 12.3. The van der Waals surface area contributed by atoms with Crippen molar-refractivity contribution in [2.24, 2.45) is 4.99 Å². The predicted octanol–water partition coefficient (Wildman–Crippen LogP) is 3.99. The number of nitrogens with zero attached hydrogens (tertiary/aromatic N) is 4. The van der Waals surface area contributed by atoms with Crippen LogP contribution in [0.2, 0.25) is 0 Å². The number of benzene rings is 1. The molecule has 3 aromatic rings. The zero-order valence-corrected chi connectivity index (χ0v) is 15.3. The number of hydrogen-bond donors (Lipinski definition) is 2. The first-order chi connectivity index (χ1) is 10.9. The summed E-state index contributed by atoms with van der Waals surface area (Å²) in [5.74, 6) is 0.669. The number of nitrogen functional groups attached to an aromatic ring is 1. The summed E-state index contributed by atoms with van der Waals surface area (Å²) < 4.78 is 1.68. The highest BCUT2D eigenvalue weighted by Crippen LogP contribution is 2.29. The summed E-state index contributed by atoms with van der Waals surface area (Å²) in [5.41, 5.74) is 10.6. The molecule has 0 fully saturated rings. The highest BCUT2D eigenvalue weighted by Gasteiger charge is 2.16. The van der Waals surface area contributed by atoms with Crippen LogP contribution < -0.4 is 5.73 Å². The van der Waals surface area contributed by atoms with Crippen molar-refractivity contribution in [3.63, 3.8) is 0 Å². The van der Waals surface area contributed by atoms with Gasteiger partial charge in [0.1, 0.15) is 5.69 Å². The summed E-state index contributed by atoms with van der Waals surface area (Å²) in [6.45, 7) is 6.32. The molecule has 0 radical (unpaired) electrons. The van der Waals surface area contributed by atoms with Crippen LogP contribution >= 0.6 is 22.6 Å². The van der Waals surface area contributed by atoms with Crippen molar-refractivity contribution in [1.29, 1.82) is 0 Å². The van der Waals surface area contributed by atoms with Gasteiger partial charge in [-0.2, -0.15) is 0 Å². The molecular weight excluding hydrogens is 403 g/mol. The lowest BCUT2D eigenvalue weighted by Gasteiger charge is -2.16. The molecule has 0 aliphatic carbocycles. The predicted molar refractivity (Wildman–Crippen MR) is 102 cm³/mol. The second kappa shape index (κ2) is 5.88. The molecule has 0 aliphatic heterocycles. The van der Waals surface area contributed by atoms with E-state index in [1.165, 1.54) is 0 Å². The van der Waals surface area contributed by atoms with E-state index in [1.54, 1.807) is 16.6 Å². The average Bonchev–Trinajstić information content (AvgIpc) is 2.90. The summed E-state index contributed by atoms with van der Waals surface area (Å²) in [7, 11) is 0. The van der Waals surface area contributed by atoms with Gasteiger partial charge in [0.25, 0.3) is 0 Å². The molecular formula is C16H17IN6. The largest absolute Gasteiger partial charge is 0.397 e. The van der Waals surface area contributed by atoms with Crippen molar-refractivity contribution in [3.05, 3.63) is 30.2 Å². The van der Waals surface area contributed by atoms with Crippen LogP contribution in [-0.4, -0.2) is 24.2 Å². The molecule has 0 aliphatic rings. The fourth-order valence-electron chi connectivity index (χ4n) is 2.18. The van der Waals surface area contributed by atoms with E-state index in [1.807, 2.05) is 12.1 Å². The molecule has 2 aromatic heterocycles. The highest BCUT2D eigenvalue weighted by molar-refractivity contribution is 14.1. The fraction of sp³-hybridized carbons (Fsp3) is 0.250. The number of aliphatic imine (C=N–C) groups is 1. The molecule has 0 saturated heterocycles. The van der Waals surface area contributed by atoms with Gasteiger partial charge in [0.2, 0.25) is 0 Å². The SMILES string of the molecule is CC(C)(C)c1cnc(-c2nc3cc(N)c(/N=C/I)cc3[nH]2)cn1. The summed E-state index contributed by atoms with van der Waals surface area (Å²) in [4.78, 5) is 21.0. The number of fused-ring (bicyclic) bond motifs is 1. The van der Waals surface area contributed by atoms with E-state index >= 15 is 0 Å². The number of nitrogens with one attached hydrogen (secondary N) is 1. The van der Waals surface area contributed by atoms with Crippen LogP contribution in [-0.2, 0) is 5.41 Å². The number of H-pyrrole nitrogens is 1. The maximum Gasteiger partial charge on any atom is 0.158 e. The van der Waals surface area contributed by atoms with Crippen molar-refractivity contribution in [3.8, 4) is 11.5 Å². The van der Waals surface area contributed by atoms with Crippen molar-refractivity contribution in [1.82, 2.24) is 19.9 Å². The quantitative estimate of drug-likeness (QED) is 0.373. The molecule has 0 spiro atoms. The minimum Gasteiger partial charge on any atom is -0.397 e. The smallest absolute Gasteiger partial charge is 0.158 e. The monoisotopic (exact) mass is 420 g/mol. The first-order valence-corrected chi connectivity index (χ1v) is 8.38. The number of aromatic amines is 1. The maximum atomic E-state index is 5.99. The second-order valence-corrected chi connectivity index (χ2v) is 6.83. The van der Waals surface area contributed by atoms with E-state index in [0.29, 0.717) is 17.2 Å². The van der Waals surface area contributed by atoms with Gasteiger partial charge in [0.15, 0.2) is 5.82 Å². The van der Waals surface area contributed by atoms with Crippen molar-refractivity contribution < 1.29 is 0 Å². The van der Waals surface area contributed by atoms with Gasteiger partial charge in [-0.15, -0.1) is 0 Å². The Morgan fingerprint density at radius 2 is 2.00 bits per heavy atom. The van der Waals surface area contributed by atoms with Crippen LogP contribution in [0.1, 0.15) is 26.5 Å². The number of rotatable bonds is 2. The highest BCUT2D eigenvalue weighted by atomic mass is 127. The van der Waals surface area contributed by atoms with Crippen LogP contribution in [0.3, 0.4) is 0 Å². The number of aromatic nitrogens is 4.